The topological polar surface area (TPSA) is 95.9 Å². The SMILES string of the molecule is CCCC/C=C\C/C=C\CCCCCCCC(=O)OCCCCCCCCCCCCCCCCCCCCCCCC(=O)NC(CO)C(O)CCCCCCCCCCCCCC. The second-order valence-electron chi connectivity index (χ2n) is 19.6. The Labute approximate surface area is 399 Å². The molecule has 1 amide bonds. The Hall–Kier alpha value is -1.66. The third-order valence-electron chi connectivity index (χ3n) is 13.3. The third-order valence-corrected chi connectivity index (χ3v) is 13.3. The van der Waals surface area contributed by atoms with Crippen LogP contribution in [0.2, 0.25) is 0 Å². The average Bonchev–Trinajstić information content (AvgIpc) is 3.29. The number of carbonyl (C=O) groups excluding carboxylic acids is 2. The number of amides is 1. The molecule has 0 aromatic heterocycles. The van der Waals surface area contributed by atoms with Crippen LogP contribution < -0.4 is 5.32 Å². The van der Waals surface area contributed by atoms with Gasteiger partial charge in [0.2, 0.25) is 5.91 Å². The summed E-state index contributed by atoms with van der Waals surface area (Å²) in [5.74, 6) is -0.0387. The van der Waals surface area contributed by atoms with Gasteiger partial charge in [0.05, 0.1) is 25.4 Å². The highest BCUT2D eigenvalue weighted by Crippen LogP contribution is 2.17. The van der Waals surface area contributed by atoms with Gasteiger partial charge in [-0.05, 0) is 51.4 Å². The van der Waals surface area contributed by atoms with Crippen molar-refractivity contribution in [1.82, 2.24) is 5.32 Å². The standard InChI is InChI=1S/C58H111NO5/c1-3-5-7-9-11-13-15-17-28-32-36-40-44-48-52-58(63)64-53-49-45-41-37-33-29-26-24-22-20-18-19-21-23-25-27-31-35-39-43-47-51-57(62)59-55(54-60)56(61)50-46-42-38-34-30-16-14-12-10-8-6-4-2/h9,11,15,17,55-56,60-61H,3-8,10,12-14,16,18-54H2,1-2H3,(H,59,62)/b11-9-,17-15-. The summed E-state index contributed by atoms with van der Waals surface area (Å²) in [4.78, 5) is 24.5. The molecule has 0 aromatic carbocycles. The molecule has 6 nitrogen and oxygen atoms in total. The first-order valence-electron chi connectivity index (χ1n) is 28.6. The molecule has 6 heteroatoms. The van der Waals surface area contributed by atoms with Gasteiger partial charge in [0, 0.05) is 12.8 Å². The zero-order chi connectivity index (χ0) is 46.5. The molecule has 0 saturated carbocycles. The molecule has 3 N–H and O–H groups in total. The van der Waals surface area contributed by atoms with E-state index in [1.54, 1.807) is 0 Å². The first kappa shape index (κ1) is 62.3. The largest absolute Gasteiger partial charge is 0.466 e. The van der Waals surface area contributed by atoms with Crippen LogP contribution in [-0.4, -0.2) is 47.4 Å². The highest BCUT2D eigenvalue weighted by molar-refractivity contribution is 5.76. The van der Waals surface area contributed by atoms with Crippen molar-refractivity contribution >= 4 is 11.9 Å². The Morgan fingerprint density at radius 3 is 1.23 bits per heavy atom. The molecule has 0 spiro atoms. The van der Waals surface area contributed by atoms with Gasteiger partial charge in [0.15, 0.2) is 0 Å². The molecule has 378 valence electrons. The van der Waals surface area contributed by atoms with Gasteiger partial charge >= 0.3 is 5.97 Å². The number of carbonyl (C=O) groups is 2. The van der Waals surface area contributed by atoms with Crippen molar-refractivity contribution in [2.75, 3.05) is 13.2 Å². The van der Waals surface area contributed by atoms with Crippen molar-refractivity contribution in [2.24, 2.45) is 0 Å². The minimum Gasteiger partial charge on any atom is -0.466 e. The number of nitrogens with one attached hydrogen (secondary N) is 1. The summed E-state index contributed by atoms with van der Waals surface area (Å²) in [6, 6.07) is -0.541. The monoisotopic (exact) mass is 902 g/mol. The van der Waals surface area contributed by atoms with Crippen LogP contribution in [-0.2, 0) is 14.3 Å². The zero-order valence-corrected chi connectivity index (χ0v) is 43.0. The normalized spacial score (nSPS) is 12.8. The van der Waals surface area contributed by atoms with E-state index in [4.69, 9.17) is 4.74 Å². The van der Waals surface area contributed by atoms with Crippen LogP contribution in [0.25, 0.3) is 0 Å². The maximum Gasteiger partial charge on any atom is 0.305 e. The second kappa shape index (κ2) is 54.0. The van der Waals surface area contributed by atoms with Gasteiger partial charge < -0.3 is 20.3 Å². The second-order valence-corrected chi connectivity index (χ2v) is 19.6. The molecule has 0 aliphatic carbocycles. The molecule has 2 atom stereocenters. The van der Waals surface area contributed by atoms with Crippen LogP contribution >= 0.6 is 0 Å². The van der Waals surface area contributed by atoms with Gasteiger partial charge in [-0.1, -0.05) is 269 Å². The zero-order valence-electron chi connectivity index (χ0n) is 43.0. The van der Waals surface area contributed by atoms with E-state index in [-0.39, 0.29) is 18.5 Å². The quantitative estimate of drug-likeness (QED) is 0.0321. The van der Waals surface area contributed by atoms with E-state index in [2.05, 4.69) is 43.5 Å². The minimum absolute atomic E-state index is 0.00260. The summed E-state index contributed by atoms with van der Waals surface area (Å²) < 4.78 is 5.47. The van der Waals surface area contributed by atoms with E-state index in [0.717, 1.165) is 51.4 Å². The van der Waals surface area contributed by atoms with Crippen LogP contribution in [0.15, 0.2) is 24.3 Å². The average molecular weight is 903 g/mol. The molecule has 0 bridgehead atoms. The smallest absolute Gasteiger partial charge is 0.305 e. The number of aliphatic hydroxyl groups is 2. The Morgan fingerprint density at radius 2 is 0.797 bits per heavy atom. The fourth-order valence-electron chi connectivity index (χ4n) is 8.83. The predicted octanol–water partition coefficient (Wildman–Crippen LogP) is 17.5. The lowest BCUT2D eigenvalue weighted by Crippen LogP contribution is -2.45. The van der Waals surface area contributed by atoms with Gasteiger partial charge in [0.25, 0.3) is 0 Å². The van der Waals surface area contributed by atoms with Crippen LogP contribution in [0.1, 0.15) is 309 Å². The Balaban J connectivity index is 3.38. The summed E-state index contributed by atoms with van der Waals surface area (Å²) in [7, 11) is 0. The molecule has 0 heterocycles. The number of ether oxygens (including phenoxy) is 1. The van der Waals surface area contributed by atoms with Crippen molar-refractivity contribution in [3.05, 3.63) is 24.3 Å². The van der Waals surface area contributed by atoms with Gasteiger partial charge in [-0.2, -0.15) is 0 Å². The van der Waals surface area contributed by atoms with Crippen LogP contribution in [0, 0.1) is 0 Å². The first-order valence-corrected chi connectivity index (χ1v) is 28.6. The molecule has 0 radical (unpaired) electrons. The maximum atomic E-state index is 12.4. The van der Waals surface area contributed by atoms with E-state index >= 15 is 0 Å². The number of allylic oxidation sites excluding steroid dienone is 4. The van der Waals surface area contributed by atoms with Gasteiger partial charge in [-0.3, -0.25) is 9.59 Å². The lowest BCUT2D eigenvalue weighted by atomic mass is 10.0. The predicted molar refractivity (Wildman–Crippen MR) is 278 cm³/mol. The summed E-state index contributed by atoms with van der Waals surface area (Å²) in [5.41, 5.74) is 0. The minimum atomic E-state index is -0.663. The van der Waals surface area contributed by atoms with Gasteiger partial charge in [-0.15, -0.1) is 0 Å². The van der Waals surface area contributed by atoms with Gasteiger partial charge in [-0.25, -0.2) is 0 Å². The van der Waals surface area contributed by atoms with E-state index in [1.165, 1.54) is 225 Å². The molecule has 0 aliphatic rings. The summed E-state index contributed by atoms with van der Waals surface area (Å²) in [5, 5.41) is 23.2. The van der Waals surface area contributed by atoms with E-state index in [1.807, 2.05) is 0 Å². The number of aliphatic hydroxyl groups excluding tert-OH is 2. The number of unbranched alkanes of at least 4 members (excludes halogenated alkanes) is 38. The van der Waals surface area contributed by atoms with E-state index < -0.39 is 12.1 Å². The van der Waals surface area contributed by atoms with Crippen LogP contribution in [0.3, 0.4) is 0 Å². The van der Waals surface area contributed by atoms with Gasteiger partial charge in [0.1, 0.15) is 0 Å². The molecule has 0 saturated heterocycles. The van der Waals surface area contributed by atoms with Crippen LogP contribution in [0.4, 0.5) is 0 Å². The molecule has 0 rings (SSSR count). The summed E-state index contributed by atoms with van der Waals surface area (Å²) in [6.07, 6.45) is 64.5. The van der Waals surface area contributed by atoms with Crippen molar-refractivity contribution in [2.45, 2.75) is 321 Å². The highest BCUT2D eigenvalue weighted by Gasteiger charge is 2.20. The fraction of sp³-hybridized carbons (Fsp3) is 0.897. The maximum absolute atomic E-state index is 12.4. The van der Waals surface area contributed by atoms with E-state index in [0.29, 0.717) is 25.9 Å². The molecule has 64 heavy (non-hydrogen) atoms. The lowest BCUT2D eigenvalue weighted by molar-refractivity contribution is -0.143. The summed E-state index contributed by atoms with van der Waals surface area (Å²) in [6.45, 7) is 4.91. The molecule has 2 unspecified atom stereocenters. The van der Waals surface area contributed by atoms with Crippen molar-refractivity contribution < 1.29 is 24.5 Å². The molecule has 0 aliphatic heterocycles. The lowest BCUT2D eigenvalue weighted by Gasteiger charge is -2.22. The highest BCUT2D eigenvalue weighted by atomic mass is 16.5. The Morgan fingerprint density at radius 1 is 0.438 bits per heavy atom. The Kier molecular flexibility index (Phi) is 52.6. The Bertz CT molecular complexity index is 997. The molecular weight excluding hydrogens is 791 g/mol. The summed E-state index contributed by atoms with van der Waals surface area (Å²) >= 11 is 0. The van der Waals surface area contributed by atoms with Crippen LogP contribution in [0.5, 0.6) is 0 Å². The first-order chi connectivity index (χ1) is 31.5. The molecular formula is C58H111NO5. The molecule has 0 fully saturated rings. The number of hydrogen-bond acceptors (Lipinski definition) is 5. The van der Waals surface area contributed by atoms with Crippen molar-refractivity contribution in [3.8, 4) is 0 Å². The number of hydrogen-bond donors (Lipinski definition) is 3. The number of rotatable bonds is 53. The van der Waals surface area contributed by atoms with Crippen molar-refractivity contribution in [1.29, 1.82) is 0 Å². The third kappa shape index (κ3) is 49.8. The van der Waals surface area contributed by atoms with Crippen molar-refractivity contribution in [3.63, 3.8) is 0 Å². The fourth-order valence-corrected chi connectivity index (χ4v) is 8.83. The molecule has 0 aromatic rings. The van der Waals surface area contributed by atoms with E-state index in [9.17, 15) is 19.8 Å². The number of esters is 1.